The zero-order valence-electron chi connectivity index (χ0n) is 13.7. The second-order valence-corrected chi connectivity index (χ2v) is 5.23. The van der Waals surface area contributed by atoms with Gasteiger partial charge in [0.05, 0.1) is 7.11 Å². The molecule has 25 heavy (non-hydrogen) atoms. The fourth-order valence-corrected chi connectivity index (χ4v) is 2.26. The molecule has 3 rings (SSSR count). The molecule has 0 aliphatic rings. The number of rotatable bonds is 5. The van der Waals surface area contributed by atoms with Crippen LogP contribution in [0.15, 0.2) is 78.9 Å². The van der Waals surface area contributed by atoms with E-state index in [1.807, 2.05) is 60.7 Å². The highest BCUT2D eigenvalue weighted by Gasteiger charge is 2.09. The lowest BCUT2D eigenvalue weighted by Crippen LogP contribution is -2.19. The summed E-state index contributed by atoms with van der Waals surface area (Å²) in [6.07, 6.45) is 0. The van der Waals surface area contributed by atoms with Crippen LogP contribution in [0, 0.1) is 0 Å². The molecule has 0 aliphatic carbocycles. The summed E-state index contributed by atoms with van der Waals surface area (Å²) in [5.74, 6) is 1.81. The fourth-order valence-electron chi connectivity index (χ4n) is 2.26. The molecule has 0 atom stereocenters. The second-order valence-electron chi connectivity index (χ2n) is 5.23. The van der Waals surface area contributed by atoms with Crippen LogP contribution in [0.2, 0.25) is 0 Å². The summed E-state index contributed by atoms with van der Waals surface area (Å²) in [4.78, 5) is 12.1. The number of carbonyl (C=O) groups excluding carboxylic acids is 1. The number of ether oxygens (including phenoxy) is 2. The molecular formula is C20H18N2O3. The Hall–Kier alpha value is -3.47. The number of hydrogen-bond donors (Lipinski definition) is 2. The lowest BCUT2D eigenvalue weighted by Gasteiger charge is -2.13. The van der Waals surface area contributed by atoms with Gasteiger partial charge in [0.1, 0.15) is 5.75 Å². The molecule has 2 amide bonds. The first kappa shape index (κ1) is 16.4. The van der Waals surface area contributed by atoms with Gasteiger partial charge in [-0.15, -0.1) is 0 Å². The molecule has 5 nitrogen and oxygen atoms in total. The van der Waals surface area contributed by atoms with E-state index < -0.39 is 0 Å². The van der Waals surface area contributed by atoms with Gasteiger partial charge in [0.25, 0.3) is 0 Å². The third kappa shape index (κ3) is 4.51. The summed E-state index contributed by atoms with van der Waals surface area (Å²) in [5.41, 5.74) is 1.32. The molecule has 0 spiro atoms. The zero-order valence-corrected chi connectivity index (χ0v) is 13.7. The molecule has 3 aromatic carbocycles. The van der Waals surface area contributed by atoms with Gasteiger partial charge >= 0.3 is 6.03 Å². The van der Waals surface area contributed by atoms with Crippen LogP contribution in [0.25, 0.3) is 0 Å². The molecule has 0 radical (unpaired) electrons. The van der Waals surface area contributed by atoms with Gasteiger partial charge in [-0.05, 0) is 36.4 Å². The number of para-hydroxylation sites is 2. The molecule has 0 heterocycles. The van der Waals surface area contributed by atoms with Gasteiger partial charge in [-0.25, -0.2) is 4.79 Å². The molecular weight excluding hydrogens is 316 g/mol. The summed E-state index contributed by atoms with van der Waals surface area (Å²) in [6, 6.07) is 23.6. The van der Waals surface area contributed by atoms with E-state index in [1.165, 1.54) is 0 Å². The van der Waals surface area contributed by atoms with Crippen LogP contribution >= 0.6 is 0 Å². The minimum Gasteiger partial charge on any atom is -0.493 e. The van der Waals surface area contributed by atoms with Gasteiger partial charge in [-0.1, -0.05) is 36.4 Å². The van der Waals surface area contributed by atoms with Crippen molar-refractivity contribution >= 4 is 17.4 Å². The highest BCUT2D eigenvalue weighted by atomic mass is 16.5. The van der Waals surface area contributed by atoms with Crippen molar-refractivity contribution in [2.45, 2.75) is 0 Å². The minimum atomic E-state index is -0.329. The zero-order chi connectivity index (χ0) is 17.5. The van der Waals surface area contributed by atoms with Crippen molar-refractivity contribution < 1.29 is 14.3 Å². The van der Waals surface area contributed by atoms with E-state index in [0.717, 1.165) is 5.69 Å². The van der Waals surface area contributed by atoms with Crippen LogP contribution in [0.5, 0.6) is 17.2 Å². The van der Waals surface area contributed by atoms with Crippen molar-refractivity contribution in [2.24, 2.45) is 0 Å². The number of benzene rings is 3. The highest BCUT2D eigenvalue weighted by Crippen LogP contribution is 2.33. The predicted molar refractivity (Wildman–Crippen MR) is 98.6 cm³/mol. The SMILES string of the molecule is COc1cc(NC(=O)Nc2ccccc2)ccc1Oc1ccccc1. The standard InChI is InChI=1S/C20H18N2O3/c1-24-19-14-16(22-20(23)21-15-8-4-2-5-9-15)12-13-18(19)25-17-10-6-3-7-11-17/h2-14H,1H3,(H2,21,22,23). The van der Waals surface area contributed by atoms with Gasteiger partial charge in [0, 0.05) is 17.4 Å². The summed E-state index contributed by atoms with van der Waals surface area (Å²) < 4.78 is 11.2. The minimum absolute atomic E-state index is 0.329. The third-order valence-electron chi connectivity index (χ3n) is 3.42. The number of urea groups is 1. The van der Waals surface area contributed by atoms with E-state index >= 15 is 0 Å². The molecule has 0 bridgehead atoms. The average molecular weight is 334 g/mol. The number of carbonyl (C=O) groups is 1. The number of anilines is 2. The Kier molecular flexibility index (Phi) is 5.16. The van der Waals surface area contributed by atoms with Gasteiger partial charge in [0.15, 0.2) is 11.5 Å². The van der Waals surface area contributed by atoms with Gasteiger partial charge in [-0.3, -0.25) is 0 Å². The van der Waals surface area contributed by atoms with Crippen LogP contribution in [-0.2, 0) is 0 Å². The lowest BCUT2D eigenvalue weighted by molar-refractivity contribution is 0.262. The van der Waals surface area contributed by atoms with Gasteiger partial charge in [-0.2, -0.15) is 0 Å². The second kappa shape index (κ2) is 7.88. The maximum Gasteiger partial charge on any atom is 0.323 e. The average Bonchev–Trinajstić information content (AvgIpc) is 2.64. The van der Waals surface area contributed by atoms with E-state index in [1.54, 1.807) is 25.3 Å². The molecule has 0 saturated heterocycles. The maximum absolute atomic E-state index is 12.1. The molecule has 0 fully saturated rings. The molecule has 0 unspecified atom stereocenters. The van der Waals surface area contributed by atoms with E-state index in [2.05, 4.69) is 10.6 Å². The maximum atomic E-state index is 12.1. The molecule has 126 valence electrons. The Morgan fingerprint density at radius 1 is 0.760 bits per heavy atom. The first-order chi connectivity index (χ1) is 12.2. The van der Waals surface area contributed by atoms with Gasteiger partial charge in [0.2, 0.25) is 0 Å². The van der Waals surface area contributed by atoms with E-state index in [0.29, 0.717) is 22.9 Å². The number of nitrogens with one attached hydrogen (secondary N) is 2. The van der Waals surface area contributed by atoms with E-state index in [-0.39, 0.29) is 6.03 Å². The Labute approximate surface area is 146 Å². The highest BCUT2D eigenvalue weighted by molar-refractivity contribution is 5.99. The Morgan fingerprint density at radius 2 is 1.40 bits per heavy atom. The molecule has 5 heteroatoms. The number of amides is 2. The van der Waals surface area contributed by atoms with Crippen molar-refractivity contribution in [3.8, 4) is 17.2 Å². The van der Waals surface area contributed by atoms with Gasteiger partial charge < -0.3 is 20.1 Å². The van der Waals surface area contributed by atoms with Crippen LogP contribution in [0.3, 0.4) is 0 Å². The van der Waals surface area contributed by atoms with Crippen molar-refractivity contribution in [3.63, 3.8) is 0 Å². The molecule has 0 aromatic heterocycles. The fraction of sp³-hybridized carbons (Fsp3) is 0.0500. The topological polar surface area (TPSA) is 59.6 Å². The van der Waals surface area contributed by atoms with E-state index in [9.17, 15) is 4.79 Å². The smallest absolute Gasteiger partial charge is 0.323 e. The Bertz CT molecular complexity index is 836. The quantitative estimate of drug-likeness (QED) is 0.680. The van der Waals surface area contributed by atoms with Crippen LogP contribution in [0.1, 0.15) is 0 Å². The first-order valence-electron chi connectivity index (χ1n) is 7.78. The number of methoxy groups -OCH3 is 1. The van der Waals surface area contributed by atoms with Crippen molar-refractivity contribution in [1.82, 2.24) is 0 Å². The largest absolute Gasteiger partial charge is 0.493 e. The summed E-state index contributed by atoms with van der Waals surface area (Å²) >= 11 is 0. The molecule has 0 saturated carbocycles. The Balaban J connectivity index is 1.69. The third-order valence-corrected chi connectivity index (χ3v) is 3.42. The molecule has 3 aromatic rings. The summed E-state index contributed by atoms with van der Waals surface area (Å²) in [7, 11) is 1.56. The van der Waals surface area contributed by atoms with Crippen molar-refractivity contribution in [3.05, 3.63) is 78.9 Å². The van der Waals surface area contributed by atoms with Crippen LogP contribution < -0.4 is 20.1 Å². The lowest BCUT2D eigenvalue weighted by atomic mass is 10.2. The predicted octanol–water partition coefficient (Wildman–Crippen LogP) is 5.13. The van der Waals surface area contributed by atoms with Crippen LogP contribution in [0.4, 0.5) is 16.2 Å². The number of hydrogen-bond acceptors (Lipinski definition) is 3. The summed E-state index contributed by atoms with van der Waals surface area (Å²) in [6.45, 7) is 0. The monoisotopic (exact) mass is 334 g/mol. The normalized spacial score (nSPS) is 9.96. The summed E-state index contributed by atoms with van der Waals surface area (Å²) in [5, 5.41) is 5.53. The molecule has 0 aliphatic heterocycles. The molecule has 2 N–H and O–H groups in total. The Morgan fingerprint density at radius 3 is 2.08 bits per heavy atom. The van der Waals surface area contributed by atoms with Crippen molar-refractivity contribution in [1.29, 1.82) is 0 Å². The first-order valence-corrected chi connectivity index (χ1v) is 7.78. The van der Waals surface area contributed by atoms with E-state index in [4.69, 9.17) is 9.47 Å². The van der Waals surface area contributed by atoms with Crippen LogP contribution in [-0.4, -0.2) is 13.1 Å². The van der Waals surface area contributed by atoms with Crippen molar-refractivity contribution in [2.75, 3.05) is 17.7 Å².